The van der Waals surface area contributed by atoms with Gasteiger partial charge in [-0.1, -0.05) is 29.8 Å². The highest BCUT2D eigenvalue weighted by Gasteiger charge is 2.23. The normalized spacial score (nSPS) is 12.1. The van der Waals surface area contributed by atoms with E-state index < -0.39 is 10.0 Å². The second-order valence-corrected chi connectivity index (χ2v) is 9.35. The van der Waals surface area contributed by atoms with Crippen molar-refractivity contribution >= 4 is 33.2 Å². The highest BCUT2D eigenvalue weighted by atomic mass is 35.5. The molecular formula is C23H23ClN2O4S. The Balaban J connectivity index is 1.80. The van der Waals surface area contributed by atoms with Gasteiger partial charge in [0, 0.05) is 17.6 Å². The molecule has 0 saturated heterocycles. The van der Waals surface area contributed by atoms with Crippen LogP contribution in [0.5, 0.6) is 5.75 Å². The number of rotatable bonds is 7. The highest BCUT2D eigenvalue weighted by molar-refractivity contribution is 7.92. The second-order valence-electron chi connectivity index (χ2n) is 6.95. The summed E-state index contributed by atoms with van der Waals surface area (Å²) in [5.74, 6) is 0.259. The predicted octanol–water partition coefficient (Wildman–Crippen LogP) is 4.66. The molecule has 1 atom stereocenters. The molecule has 0 spiro atoms. The number of sulfonamides is 1. The zero-order chi connectivity index (χ0) is 22.6. The van der Waals surface area contributed by atoms with Crippen molar-refractivity contribution in [3.8, 4) is 5.75 Å². The molecule has 0 saturated carbocycles. The standard InChI is InChI=1S/C23H23ClN2O4S/c1-16(17-7-9-19(24)10-8-17)25-23(27)18-5-4-6-22(15-18)31(28,29)26(2)20-11-13-21(30-3)14-12-20/h4-16H,1-3H3,(H,25,27). The van der Waals surface area contributed by atoms with Crippen LogP contribution in [0.4, 0.5) is 5.69 Å². The number of benzene rings is 3. The first-order chi connectivity index (χ1) is 14.7. The molecule has 0 heterocycles. The summed E-state index contributed by atoms with van der Waals surface area (Å²) >= 11 is 5.91. The second kappa shape index (κ2) is 9.41. The average molecular weight is 459 g/mol. The number of carbonyl (C=O) groups excluding carboxylic acids is 1. The van der Waals surface area contributed by atoms with Crippen LogP contribution < -0.4 is 14.4 Å². The third-order valence-corrected chi connectivity index (χ3v) is 6.94. The zero-order valence-corrected chi connectivity index (χ0v) is 18.9. The van der Waals surface area contributed by atoms with Gasteiger partial charge in [-0.2, -0.15) is 0 Å². The monoisotopic (exact) mass is 458 g/mol. The van der Waals surface area contributed by atoms with E-state index in [1.165, 1.54) is 23.5 Å². The van der Waals surface area contributed by atoms with Crippen molar-refractivity contribution in [1.82, 2.24) is 5.32 Å². The fourth-order valence-electron chi connectivity index (χ4n) is 3.00. The number of halogens is 1. The molecule has 1 N–H and O–H groups in total. The maximum atomic E-state index is 13.1. The first-order valence-corrected chi connectivity index (χ1v) is 11.3. The smallest absolute Gasteiger partial charge is 0.264 e. The van der Waals surface area contributed by atoms with Gasteiger partial charge in [-0.15, -0.1) is 0 Å². The Hall–Kier alpha value is -3.03. The van der Waals surface area contributed by atoms with E-state index in [0.29, 0.717) is 16.5 Å². The molecule has 1 amide bonds. The summed E-state index contributed by atoms with van der Waals surface area (Å²) in [4.78, 5) is 12.8. The summed E-state index contributed by atoms with van der Waals surface area (Å²) in [5.41, 5.74) is 1.62. The Morgan fingerprint density at radius 2 is 1.68 bits per heavy atom. The van der Waals surface area contributed by atoms with Crippen LogP contribution in [-0.4, -0.2) is 28.5 Å². The average Bonchev–Trinajstić information content (AvgIpc) is 2.79. The van der Waals surface area contributed by atoms with Gasteiger partial charge in [0.05, 0.1) is 23.7 Å². The SMILES string of the molecule is COc1ccc(N(C)S(=O)(=O)c2cccc(C(=O)NC(C)c3ccc(Cl)cc3)c2)cc1. The molecule has 0 fully saturated rings. The molecule has 0 aliphatic rings. The number of carbonyl (C=O) groups is 1. The maximum Gasteiger partial charge on any atom is 0.264 e. The molecule has 0 radical (unpaired) electrons. The van der Waals surface area contributed by atoms with Gasteiger partial charge in [0.25, 0.3) is 15.9 Å². The largest absolute Gasteiger partial charge is 0.497 e. The van der Waals surface area contributed by atoms with Crippen molar-refractivity contribution in [2.45, 2.75) is 17.9 Å². The van der Waals surface area contributed by atoms with Crippen molar-refractivity contribution in [3.05, 3.63) is 88.9 Å². The van der Waals surface area contributed by atoms with Gasteiger partial charge in [0.15, 0.2) is 0 Å². The van der Waals surface area contributed by atoms with Crippen LogP contribution in [0.2, 0.25) is 5.02 Å². The number of amides is 1. The highest BCUT2D eigenvalue weighted by Crippen LogP contribution is 2.25. The lowest BCUT2D eigenvalue weighted by Crippen LogP contribution is -2.28. The molecule has 0 bridgehead atoms. The lowest BCUT2D eigenvalue weighted by molar-refractivity contribution is 0.0939. The van der Waals surface area contributed by atoms with Crippen LogP contribution in [0.3, 0.4) is 0 Å². The van der Waals surface area contributed by atoms with E-state index in [0.717, 1.165) is 5.56 Å². The topological polar surface area (TPSA) is 75.7 Å². The quantitative estimate of drug-likeness (QED) is 0.558. The Kier molecular flexibility index (Phi) is 6.87. The Labute approximate surface area is 187 Å². The predicted molar refractivity (Wildman–Crippen MR) is 122 cm³/mol. The van der Waals surface area contributed by atoms with Gasteiger partial charge < -0.3 is 10.1 Å². The first-order valence-electron chi connectivity index (χ1n) is 9.52. The molecule has 3 rings (SSSR count). The van der Waals surface area contributed by atoms with E-state index in [4.69, 9.17) is 16.3 Å². The third-order valence-electron chi connectivity index (χ3n) is 4.91. The maximum absolute atomic E-state index is 13.1. The molecule has 162 valence electrons. The molecule has 1 unspecified atom stereocenters. The summed E-state index contributed by atoms with van der Waals surface area (Å²) in [6.07, 6.45) is 0. The summed E-state index contributed by atoms with van der Waals surface area (Å²) in [5, 5.41) is 3.49. The number of methoxy groups -OCH3 is 1. The number of nitrogens with zero attached hydrogens (tertiary/aromatic N) is 1. The minimum absolute atomic E-state index is 0.0256. The number of hydrogen-bond acceptors (Lipinski definition) is 4. The fraction of sp³-hybridized carbons (Fsp3) is 0.174. The van der Waals surface area contributed by atoms with Crippen LogP contribution >= 0.6 is 11.6 Å². The number of hydrogen-bond donors (Lipinski definition) is 1. The summed E-state index contributed by atoms with van der Waals surface area (Å²) in [6.45, 7) is 1.85. The van der Waals surface area contributed by atoms with Crippen molar-refractivity contribution in [2.75, 3.05) is 18.5 Å². The lowest BCUT2D eigenvalue weighted by atomic mass is 10.1. The number of anilines is 1. The van der Waals surface area contributed by atoms with Crippen LogP contribution in [0.1, 0.15) is 28.9 Å². The Morgan fingerprint density at radius 3 is 2.29 bits per heavy atom. The fourth-order valence-corrected chi connectivity index (χ4v) is 4.37. The molecular weight excluding hydrogens is 436 g/mol. The van der Waals surface area contributed by atoms with Crippen LogP contribution in [-0.2, 0) is 10.0 Å². The number of ether oxygens (including phenoxy) is 1. The van der Waals surface area contributed by atoms with E-state index in [-0.39, 0.29) is 22.4 Å². The van der Waals surface area contributed by atoms with Gasteiger partial charge >= 0.3 is 0 Å². The van der Waals surface area contributed by atoms with Crippen LogP contribution in [0.25, 0.3) is 0 Å². The van der Waals surface area contributed by atoms with Gasteiger partial charge in [0.2, 0.25) is 0 Å². The Morgan fingerprint density at radius 1 is 1.03 bits per heavy atom. The molecule has 3 aromatic rings. The minimum Gasteiger partial charge on any atom is -0.497 e. The van der Waals surface area contributed by atoms with E-state index in [1.807, 2.05) is 19.1 Å². The van der Waals surface area contributed by atoms with Gasteiger partial charge in [0.1, 0.15) is 5.75 Å². The van der Waals surface area contributed by atoms with E-state index in [1.54, 1.807) is 55.6 Å². The molecule has 6 nitrogen and oxygen atoms in total. The molecule has 0 aliphatic heterocycles. The van der Waals surface area contributed by atoms with Crippen molar-refractivity contribution in [1.29, 1.82) is 0 Å². The lowest BCUT2D eigenvalue weighted by Gasteiger charge is -2.20. The first kappa shape index (κ1) is 22.7. The van der Waals surface area contributed by atoms with Crippen LogP contribution in [0.15, 0.2) is 77.7 Å². The van der Waals surface area contributed by atoms with E-state index in [2.05, 4.69) is 5.32 Å². The molecule has 3 aromatic carbocycles. The third kappa shape index (κ3) is 5.18. The molecule has 0 aromatic heterocycles. The van der Waals surface area contributed by atoms with Gasteiger partial charge in [-0.3, -0.25) is 9.10 Å². The molecule has 31 heavy (non-hydrogen) atoms. The van der Waals surface area contributed by atoms with E-state index >= 15 is 0 Å². The van der Waals surface area contributed by atoms with E-state index in [9.17, 15) is 13.2 Å². The molecule has 0 aliphatic carbocycles. The summed E-state index contributed by atoms with van der Waals surface area (Å²) in [7, 11) is -0.849. The molecule has 8 heteroatoms. The van der Waals surface area contributed by atoms with Crippen LogP contribution in [0, 0.1) is 0 Å². The van der Waals surface area contributed by atoms with Crippen molar-refractivity contribution < 1.29 is 17.9 Å². The summed E-state index contributed by atoms with van der Waals surface area (Å²) in [6, 6.07) is 19.5. The van der Waals surface area contributed by atoms with Crippen molar-refractivity contribution in [3.63, 3.8) is 0 Å². The summed E-state index contributed by atoms with van der Waals surface area (Å²) < 4.78 is 32.5. The van der Waals surface area contributed by atoms with Gasteiger partial charge in [-0.25, -0.2) is 8.42 Å². The zero-order valence-electron chi connectivity index (χ0n) is 17.4. The Bertz CT molecular complexity index is 1160. The van der Waals surface area contributed by atoms with Gasteiger partial charge in [-0.05, 0) is 67.1 Å². The number of nitrogens with one attached hydrogen (secondary N) is 1. The van der Waals surface area contributed by atoms with Crippen molar-refractivity contribution in [2.24, 2.45) is 0 Å². The minimum atomic E-state index is -3.86.